The van der Waals surface area contributed by atoms with Crippen LogP contribution in [0.5, 0.6) is 0 Å². The van der Waals surface area contributed by atoms with Gasteiger partial charge >= 0.3 is 15.6 Å². The van der Waals surface area contributed by atoms with Crippen molar-refractivity contribution in [3.63, 3.8) is 0 Å². The summed E-state index contributed by atoms with van der Waals surface area (Å²) in [7, 11) is -7.03. The molecule has 0 aliphatic carbocycles. The second kappa shape index (κ2) is 38.6. The first-order valence-corrected chi connectivity index (χ1v) is 32.5. The Morgan fingerprint density at radius 3 is 0.915 bits per heavy atom. The molecule has 4 aromatic heterocycles. The number of hydrogen-bond donors (Lipinski definition) is 3. The van der Waals surface area contributed by atoms with Gasteiger partial charge in [-0.2, -0.15) is 21.6 Å². The predicted octanol–water partition coefficient (Wildman–Crippen LogP) is 15.8. The molecule has 0 saturated heterocycles. The number of pyridine rings is 4. The molecule has 0 spiro atoms. The standard InChI is InChI=1S/C20H29NSi.C20H28NSi.2C11H8N.CHF3O3S.2CH4O.2Ir/c2*1-15(2)22(16(3)4,17(5)6)19-12-13-20(21-14-19)18-10-8-7-9-11-18;2*1-2-6-10(7-3-1)11-8-4-5-9-12-11;2-1(3,4)8(5,6)7;2*1-2;;/h7-17H,1-6H3;7-10,12-17H,1-6H3;2*1-6,8-9H;(H,5,6,7);2*2H,1H3;;/q;3*-1;;;;;. The van der Waals surface area contributed by atoms with Gasteiger partial charge < -0.3 is 25.2 Å². The van der Waals surface area contributed by atoms with Crippen LogP contribution < -0.4 is 10.4 Å². The molecular formula is C65H82F3Ir2N4O5SSi2-3. The fourth-order valence-electron chi connectivity index (χ4n) is 10.9. The third-order valence-corrected chi connectivity index (χ3v) is 28.5. The van der Waals surface area contributed by atoms with Crippen LogP contribution in [0.3, 0.4) is 0 Å². The number of hydrogen-bond acceptors (Lipinski definition) is 8. The second-order valence-corrected chi connectivity index (χ2v) is 33.4. The summed E-state index contributed by atoms with van der Waals surface area (Å²) in [4.78, 5) is 18.0. The quantitative estimate of drug-likeness (QED) is 0.0471. The number of aliphatic hydroxyl groups is 2. The van der Waals surface area contributed by atoms with Gasteiger partial charge in [-0.05, 0) is 78.9 Å². The fourth-order valence-corrected chi connectivity index (χ4v) is 24.3. The van der Waals surface area contributed by atoms with Crippen LogP contribution >= 0.6 is 0 Å². The van der Waals surface area contributed by atoms with Crippen molar-refractivity contribution in [1.82, 2.24) is 19.9 Å². The van der Waals surface area contributed by atoms with E-state index in [2.05, 4.69) is 178 Å². The van der Waals surface area contributed by atoms with Gasteiger partial charge in [0.05, 0.1) is 21.8 Å². The molecule has 0 amide bonds. The predicted molar refractivity (Wildman–Crippen MR) is 330 cm³/mol. The van der Waals surface area contributed by atoms with E-state index in [-0.39, 0.29) is 40.2 Å². The van der Waals surface area contributed by atoms with Gasteiger partial charge in [0.15, 0.2) is 0 Å². The zero-order chi connectivity index (χ0) is 60.1. The summed E-state index contributed by atoms with van der Waals surface area (Å²) in [5, 5.41) is 17.0. The minimum Gasteiger partial charge on any atom is -0.400 e. The molecule has 0 aliphatic heterocycles. The Morgan fingerprint density at radius 1 is 0.402 bits per heavy atom. The molecule has 8 aromatic rings. The van der Waals surface area contributed by atoms with E-state index in [1.807, 2.05) is 109 Å². The monoisotopic (exact) mass is 1530 g/mol. The summed E-state index contributed by atoms with van der Waals surface area (Å²) < 4.78 is 57.5. The van der Waals surface area contributed by atoms with Gasteiger partial charge in [-0.3, -0.25) is 9.54 Å². The van der Waals surface area contributed by atoms with Crippen LogP contribution in [-0.2, 0) is 50.3 Å². The zero-order valence-electron chi connectivity index (χ0n) is 49.5. The van der Waals surface area contributed by atoms with Crippen LogP contribution in [0.25, 0.3) is 45.0 Å². The van der Waals surface area contributed by atoms with Crippen LogP contribution in [0.2, 0.25) is 33.2 Å². The number of benzene rings is 4. The van der Waals surface area contributed by atoms with Gasteiger partial charge in [0.25, 0.3) is 0 Å². The van der Waals surface area contributed by atoms with Crippen molar-refractivity contribution in [3.05, 3.63) is 207 Å². The third-order valence-electron chi connectivity index (χ3n) is 13.9. The van der Waals surface area contributed by atoms with E-state index in [0.717, 1.165) is 70.3 Å². The molecule has 0 unspecified atom stereocenters. The van der Waals surface area contributed by atoms with E-state index >= 15 is 0 Å². The first-order valence-electron chi connectivity index (χ1n) is 26.6. The molecule has 4 heterocycles. The molecule has 9 nitrogen and oxygen atoms in total. The van der Waals surface area contributed by atoms with Gasteiger partial charge in [0.1, 0.15) is 0 Å². The van der Waals surface area contributed by atoms with Crippen LogP contribution in [0, 0.1) is 18.2 Å². The van der Waals surface area contributed by atoms with Gasteiger partial charge in [-0.1, -0.05) is 156 Å². The minimum atomic E-state index is -5.84. The SMILES string of the molecule is CC(C)[Si](c1ccc(-c2[c-]cccc2)nc1)(C(C)C)C(C)C.CC(C)[Si](c1ccc(-c2ccccc2)nc1)(C(C)C)C(C)C.CO.CO.O=S(=O)(O)C(F)(F)F.[Ir].[Ir].[c-]1ccccc1-c1ccccn1.[c-]1ccccc1-c1ccccn1. The molecular weight excluding hydrogens is 1450 g/mol. The van der Waals surface area contributed by atoms with Crippen molar-refractivity contribution in [2.75, 3.05) is 14.2 Å². The Bertz CT molecular complexity index is 2690. The molecule has 17 heteroatoms. The van der Waals surface area contributed by atoms with Crippen LogP contribution in [0.1, 0.15) is 83.1 Å². The fraction of sp³-hybridized carbons (Fsp3) is 0.323. The van der Waals surface area contributed by atoms with Crippen LogP contribution in [0.4, 0.5) is 13.2 Å². The van der Waals surface area contributed by atoms with Gasteiger partial charge in [-0.25, -0.2) is 0 Å². The molecule has 82 heavy (non-hydrogen) atoms. The molecule has 0 saturated carbocycles. The summed E-state index contributed by atoms with van der Waals surface area (Å²) in [6, 6.07) is 64.4. The summed E-state index contributed by atoms with van der Waals surface area (Å²) in [5.41, 5.74) is 7.13. The van der Waals surface area contributed by atoms with E-state index in [9.17, 15) is 13.2 Å². The first-order chi connectivity index (χ1) is 38.0. The van der Waals surface area contributed by atoms with E-state index in [1.54, 1.807) is 12.4 Å². The van der Waals surface area contributed by atoms with Crippen molar-refractivity contribution in [1.29, 1.82) is 0 Å². The van der Waals surface area contributed by atoms with Crippen molar-refractivity contribution >= 4 is 36.6 Å². The summed E-state index contributed by atoms with van der Waals surface area (Å²) in [6.07, 6.45) is 7.88. The average molecular weight is 1530 g/mol. The molecule has 4 aromatic carbocycles. The molecule has 0 aliphatic rings. The third kappa shape index (κ3) is 22.1. The van der Waals surface area contributed by atoms with Gasteiger partial charge in [-0.15, -0.1) is 108 Å². The van der Waals surface area contributed by atoms with E-state index in [0.29, 0.717) is 16.6 Å². The number of halogens is 3. The summed E-state index contributed by atoms with van der Waals surface area (Å²) >= 11 is 0. The Morgan fingerprint density at radius 2 is 0.683 bits per heavy atom. The summed E-state index contributed by atoms with van der Waals surface area (Å²) in [5.74, 6) is 0. The number of aliphatic hydroxyl groups excluding tert-OH is 2. The Hall–Kier alpha value is -5.17. The zero-order valence-corrected chi connectivity index (χ0v) is 57.1. The smallest absolute Gasteiger partial charge is 0.400 e. The number of alkyl halides is 3. The maximum absolute atomic E-state index is 10.7. The molecule has 0 fully saturated rings. The maximum Gasteiger partial charge on any atom is 0.522 e. The molecule has 448 valence electrons. The minimum absolute atomic E-state index is 0. The number of nitrogens with zero attached hydrogens (tertiary/aromatic N) is 4. The largest absolute Gasteiger partial charge is 0.522 e. The van der Waals surface area contributed by atoms with Crippen molar-refractivity contribution in [2.24, 2.45) is 0 Å². The number of rotatable bonds is 12. The first kappa shape index (κ1) is 76.8. The van der Waals surface area contributed by atoms with Crippen LogP contribution in [0.15, 0.2) is 189 Å². The summed E-state index contributed by atoms with van der Waals surface area (Å²) in [6.45, 7) is 28.8. The van der Waals surface area contributed by atoms with E-state index < -0.39 is 31.8 Å². The van der Waals surface area contributed by atoms with Gasteiger partial charge in [0.2, 0.25) is 0 Å². The Balaban J connectivity index is 0.00000102. The maximum atomic E-state index is 10.7. The van der Waals surface area contributed by atoms with Crippen molar-refractivity contribution in [2.45, 2.75) is 122 Å². The van der Waals surface area contributed by atoms with Gasteiger partial charge in [0, 0.05) is 84.8 Å². The van der Waals surface area contributed by atoms with Crippen molar-refractivity contribution < 1.29 is 76.6 Å². The van der Waals surface area contributed by atoms with Crippen LogP contribution in [-0.4, -0.2) is 79.0 Å². The second-order valence-electron chi connectivity index (χ2n) is 20.2. The molecule has 2 radical (unpaired) electrons. The Labute approximate surface area is 517 Å². The molecule has 8 rings (SSSR count). The normalized spacial score (nSPS) is 11.0. The topological polar surface area (TPSA) is 146 Å². The number of aromatic nitrogens is 4. The molecule has 3 N–H and O–H groups in total. The van der Waals surface area contributed by atoms with E-state index in [1.165, 1.54) is 15.9 Å². The molecule has 0 bridgehead atoms. The average Bonchev–Trinajstić information content (AvgIpc) is 3.57. The van der Waals surface area contributed by atoms with Crippen molar-refractivity contribution in [3.8, 4) is 45.0 Å². The Kier molecular flexibility index (Phi) is 36.2. The van der Waals surface area contributed by atoms with E-state index in [4.69, 9.17) is 33.2 Å². The molecule has 0 atom stereocenters.